The Morgan fingerprint density at radius 1 is 1.07 bits per heavy atom. The van der Waals surface area contributed by atoms with Gasteiger partial charge in [0.05, 0.1) is 5.56 Å². The monoisotopic (exact) mass is 439 g/mol. The maximum Gasteiger partial charge on any atom is 0.416 e. The van der Waals surface area contributed by atoms with Crippen LogP contribution in [0.1, 0.15) is 11.1 Å². The number of nitrogens with one attached hydrogen (secondary N) is 1. The summed E-state index contributed by atoms with van der Waals surface area (Å²) in [6.45, 7) is 1.82. The number of benzene rings is 2. The minimum absolute atomic E-state index is 0. The number of rotatable bonds is 1. The van der Waals surface area contributed by atoms with Crippen molar-refractivity contribution >= 4 is 32.3 Å². The van der Waals surface area contributed by atoms with Crippen LogP contribution >= 0.6 is 15.9 Å². The molecule has 0 radical (unpaired) electrons. The first-order chi connectivity index (χ1) is 12.3. The Labute approximate surface area is 159 Å². The highest BCUT2D eigenvalue weighted by Gasteiger charge is 2.31. The van der Waals surface area contributed by atoms with Crippen LogP contribution in [-0.4, -0.2) is 15.4 Å². The molecule has 5 nitrogen and oxygen atoms in total. The van der Waals surface area contributed by atoms with Crippen LogP contribution in [0.25, 0.3) is 22.1 Å². The fourth-order valence-corrected chi connectivity index (χ4v) is 3.56. The fraction of sp³-hybridized carbons (Fsp3) is 0.111. The second kappa shape index (κ2) is 6.50. The number of hydrogen-bond acceptors (Lipinski definition) is 2. The van der Waals surface area contributed by atoms with E-state index in [-0.39, 0.29) is 11.0 Å². The number of aromatic amines is 1. The third kappa shape index (κ3) is 2.92. The molecule has 0 fully saturated rings. The Kier molecular flexibility index (Phi) is 4.61. The van der Waals surface area contributed by atoms with Crippen LogP contribution in [0.5, 0.6) is 0 Å². The van der Waals surface area contributed by atoms with Gasteiger partial charge in [0.15, 0.2) is 11.2 Å². The lowest BCUT2D eigenvalue weighted by Crippen LogP contribution is -2.27. The molecule has 0 aliphatic heterocycles. The van der Waals surface area contributed by atoms with E-state index in [2.05, 4.69) is 21.1 Å². The van der Waals surface area contributed by atoms with Crippen LogP contribution in [0.3, 0.4) is 0 Å². The molecule has 2 N–H and O–H groups in total. The quantitative estimate of drug-likeness (QED) is 0.455. The molecule has 9 heteroatoms. The zero-order valence-corrected chi connectivity index (χ0v) is 15.5. The van der Waals surface area contributed by atoms with Gasteiger partial charge in [-0.15, -0.1) is 4.52 Å². The largest absolute Gasteiger partial charge is 0.870 e. The topological polar surface area (TPSA) is 71.9 Å². The van der Waals surface area contributed by atoms with E-state index in [0.717, 1.165) is 33.1 Å². The van der Waals surface area contributed by atoms with Crippen molar-refractivity contribution in [2.24, 2.45) is 0 Å². The Morgan fingerprint density at radius 3 is 2.33 bits per heavy atom. The summed E-state index contributed by atoms with van der Waals surface area (Å²) >= 11 is 3.53. The molecule has 140 valence electrons. The van der Waals surface area contributed by atoms with E-state index in [0.29, 0.717) is 11.2 Å². The van der Waals surface area contributed by atoms with Gasteiger partial charge in [-0.3, -0.25) is 0 Å². The molecule has 0 aliphatic rings. The standard InChI is InChI=1S/C18H11BrF3N3O.H2O/c1-10-15(19)13-4-2-3-5-14(13)25-16(10)17(26)24(23-25)12-8-6-11(7-9-12)18(20,21)22;/h2-9H,1H3;1H2. The van der Waals surface area contributed by atoms with Gasteiger partial charge < -0.3 is 5.48 Å². The molecule has 0 saturated carbocycles. The SMILES string of the molecule is Cc1c(Br)c2ccccc2[n+]2[nH]n(-c3ccc(C(F)(F)F)cc3)c(=O)c12.[OH-]. The molecular weight excluding hydrogens is 427 g/mol. The molecule has 4 aromatic rings. The minimum atomic E-state index is -4.42. The summed E-state index contributed by atoms with van der Waals surface area (Å²) in [6, 6.07) is 12.0. The first-order valence-electron chi connectivity index (χ1n) is 7.70. The first kappa shape index (κ1) is 19.1. The van der Waals surface area contributed by atoms with Crippen molar-refractivity contribution in [1.82, 2.24) is 9.90 Å². The maximum atomic E-state index is 12.9. The van der Waals surface area contributed by atoms with Crippen LogP contribution in [0.2, 0.25) is 0 Å². The van der Waals surface area contributed by atoms with Gasteiger partial charge in [0, 0.05) is 15.4 Å². The highest BCUT2D eigenvalue weighted by molar-refractivity contribution is 9.10. The molecule has 27 heavy (non-hydrogen) atoms. The second-order valence-electron chi connectivity index (χ2n) is 5.93. The number of aromatic nitrogens is 3. The van der Waals surface area contributed by atoms with Gasteiger partial charge in [-0.1, -0.05) is 22.0 Å². The van der Waals surface area contributed by atoms with Gasteiger partial charge in [-0.2, -0.15) is 13.2 Å². The van der Waals surface area contributed by atoms with Gasteiger partial charge in [-0.05, 0) is 59.3 Å². The second-order valence-corrected chi connectivity index (χ2v) is 6.72. The van der Waals surface area contributed by atoms with E-state index in [9.17, 15) is 18.0 Å². The summed E-state index contributed by atoms with van der Waals surface area (Å²) in [5.41, 5.74) is 1.18. The van der Waals surface area contributed by atoms with Crippen LogP contribution in [0.15, 0.2) is 57.8 Å². The summed E-state index contributed by atoms with van der Waals surface area (Å²) in [5.74, 6) is 0. The zero-order valence-electron chi connectivity index (χ0n) is 13.9. The van der Waals surface area contributed by atoms with Gasteiger partial charge in [0.1, 0.15) is 0 Å². The predicted molar refractivity (Wildman–Crippen MR) is 96.4 cm³/mol. The lowest BCUT2D eigenvalue weighted by atomic mass is 10.1. The highest BCUT2D eigenvalue weighted by atomic mass is 79.9. The highest BCUT2D eigenvalue weighted by Crippen LogP contribution is 2.30. The number of alkyl halides is 3. The molecule has 0 spiro atoms. The van der Waals surface area contributed by atoms with Crippen LogP contribution < -0.4 is 10.1 Å². The average molecular weight is 440 g/mol. The first-order valence-corrected chi connectivity index (χ1v) is 8.49. The Bertz CT molecular complexity index is 1210. The molecule has 0 saturated heterocycles. The molecule has 0 aliphatic carbocycles. The van der Waals surface area contributed by atoms with E-state index < -0.39 is 11.7 Å². The van der Waals surface area contributed by atoms with Gasteiger partial charge in [0.25, 0.3) is 0 Å². The van der Waals surface area contributed by atoms with Crippen molar-refractivity contribution in [1.29, 1.82) is 0 Å². The number of H-pyrrole nitrogens is 1. The summed E-state index contributed by atoms with van der Waals surface area (Å²) < 4.78 is 42.0. The molecule has 4 rings (SSSR count). The number of fused-ring (bicyclic) bond motifs is 3. The van der Waals surface area contributed by atoms with Crippen LogP contribution in [0, 0.1) is 6.92 Å². The number of para-hydroxylation sites is 1. The Hall–Kier alpha value is -2.65. The molecule has 2 aromatic carbocycles. The fourth-order valence-electron chi connectivity index (χ4n) is 3.03. The third-order valence-corrected chi connectivity index (χ3v) is 5.37. The minimum Gasteiger partial charge on any atom is -0.870 e. The molecule has 2 aromatic heterocycles. The summed E-state index contributed by atoms with van der Waals surface area (Å²) in [5, 5.41) is 3.89. The third-order valence-electron chi connectivity index (χ3n) is 4.35. The molecule has 0 atom stereocenters. The predicted octanol–water partition coefficient (Wildman–Crippen LogP) is 3.97. The lowest BCUT2D eigenvalue weighted by molar-refractivity contribution is -0.556. The zero-order chi connectivity index (χ0) is 18.6. The molecule has 2 heterocycles. The summed E-state index contributed by atoms with van der Waals surface area (Å²) in [6.07, 6.45) is -4.42. The molecular formula is C18H13BrF3N3O2. The maximum absolute atomic E-state index is 12.9. The van der Waals surface area contributed by atoms with E-state index in [1.807, 2.05) is 31.2 Å². The van der Waals surface area contributed by atoms with Gasteiger partial charge >= 0.3 is 11.7 Å². The van der Waals surface area contributed by atoms with E-state index in [1.54, 1.807) is 4.52 Å². The van der Waals surface area contributed by atoms with Gasteiger partial charge in [0.2, 0.25) is 5.52 Å². The van der Waals surface area contributed by atoms with Crippen LogP contribution in [-0.2, 0) is 6.18 Å². The van der Waals surface area contributed by atoms with Crippen molar-refractivity contribution in [3.05, 3.63) is 74.5 Å². The normalized spacial score (nSPS) is 11.7. The summed E-state index contributed by atoms with van der Waals surface area (Å²) in [7, 11) is 0. The molecule has 0 unspecified atom stereocenters. The smallest absolute Gasteiger partial charge is 0.416 e. The number of halogens is 4. The number of nitrogens with zero attached hydrogens (tertiary/aromatic N) is 2. The van der Waals surface area contributed by atoms with Crippen molar-refractivity contribution in [3.8, 4) is 5.69 Å². The Morgan fingerprint density at radius 2 is 1.70 bits per heavy atom. The van der Waals surface area contributed by atoms with Crippen LogP contribution in [0.4, 0.5) is 13.2 Å². The van der Waals surface area contributed by atoms with Crippen molar-refractivity contribution in [2.75, 3.05) is 0 Å². The number of hydrogen-bond donors (Lipinski definition) is 1. The van der Waals surface area contributed by atoms with Crippen molar-refractivity contribution in [3.63, 3.8) is 0 Å². The summed E-state index contributed by atoms with van der Waals surface area (Å²) in [4.78, 5) is 12.9. The van der Waals surface area contributed by atoms with Crippen molar-refractivity contribution < 1.29 is 23.2 Å². The average Bonchev–Trinajstić information content (AvgIpc) is 2.97. The van der Waals surface area contributed by atoms with Gasteiger partial charge in [-0.25, -0.2) is 4.79 Å². The molecule has 0 bridgehead atoms. The Balaban J connectivity index is 0.00000210. The number of aryl methyl sites for hydroxylation is 1. The lowest BCUT2D eigenvalue weighted by Gasteiger charge is -2.05. The van der Waals surface area contributed by atoms with Crippen molar-refractivity contribution in [2.45, 2.75) is 13.1 Å². The molecule has 0 amide bonds. The van der Waals surface area contributed by atoms with E-state index >= 15 is 0 Å². The van der Waals surface area contributed by atoms with E-state index in [1.165, 1.54) is 16.8 Å². The van der Waals surface area contributed by atoms with E-state index in [4.69, 9.17) is 0 Å². The number of pyridine rings is 1.